The van der Waals surface area contributed by atoms with Crippen LogP contribution >= 0.6 is 27.5 Å². The van der Waals surface area contributed by atoms with Crippen molar-refractivity contribution in [1.29, 1.82) is 0 Å². The summed E-state index contributed by atoms with van der Waals surface area (Å²) in [5.41, 5.74) is 1.47. The summed E-state index contributed by atoms with van der Waals surface area (Å²) in [5, 5.41) is 0. The Bertz CT molecular complexity index is 432. The van der Waals surface area contributed by atoms with E-state index >= 15 is 0 Å². The van der Waals surface area contributed by atoms with E-state index in [4.69, 9.17) is 11.6 Å². The third-order valence-corrected chi connectivity index (χ3v) is 3.76. The smallest absolute Gasteiger partial charge is 0.359 e. The number of hydrogen-bond donors (Lipinski definition) is 0. The molecule has 0 N–H and O–H groups in total. The van der Waals surface area contributed by atoms with Crippen molar-refractivity contribution in [2.75, 3.05) is 11.4 Å². The molecule has 1 nitrogen and oxygen atoms in total. The van der Waals surface area contributed by atoms with Crippen molar-refractivity contribution >= 4 is 33.2 Å². The van der Waals surface area contributed by atoms with Crippen LogP contribution < -0.4 is 4.90 Å². The van der Waals surface area contributed by atoms with Crippen LogP contribution in [-0.4, -0.2) is 18.8 Å². The van der Waals surface area contributed by atoms with E-state index in [9.17, 15) is 13.2 Å². The summed E-state index contributed by atoms with van der Waals surface area (Å²) >= 11 is 9.02. The number of alkyl halides is 4. The molecule has 0 radical (unpaired) electrons. The first-order chi connectivity index (χ1) is 8.40. The maximum Gasteiger partial charge on any atom is 0.405 e. The second kappa shape index (κ2) is 5.29. The van der Waals surface area contributed by atoms with Gasteiger partial charge in [-0.25, -0.2) is 0 Å². The Labute approximate surface area is 117 Å². The van der Waals surface area contributed by atoms with Crippen molar-refractivity contribution in [3.63, 3.8) is 0 Å². The molecular weight excluding hydrogens is 330 g/mol. The van der Waals surface area contributed by atoms with Crippen molar-refractivity contribution in [2.45, 2.75) is 30.9 Å². The maximum atomic E-state index is 12.6. The predicted octanol–water partition coefficient (Wildman–Crippen LogP) is 4.72. The van der Waals surface area contributed by atoms with Gasteiger partial charge in [-0.05, 0) is 46.5 Å². The van der Waals surface area contributed by atoms with Crippen LogP contribution in [0.3, 0.4) is 0 Å². The minimum Gasteiger partial charge on any atom is -0.359 e. The third kappa shape index (κ3) is 3.54. The zero-order valence-electron chi connectivity index (χ0n) is 9.47. The van der Waals surface area contributed by atoms with Crippen LogP contribution in [0.15, 0.2) is 22.7 Å². The van der Waals surface area contributed by atoms with Crippen LogP contribution in [-0.2, 0) is 5.88 Å². The quantitative estimate of drug-likeness (QED) is 0.716. The van der Waals surface area contributed by atoms with E-state index in [0.717, 1.165) is 18.4 Å². The molecule has 0 saturated heterocycles. The molecule has 6 heteroatoms. The molecule has 0 bridgehead atoms. The van der Waals surface area contributed by atoms with Gasteiger partial charge in [0.05, 0.1) is 5.69 Å². The summed E-state index contributed by atoms with van der Waals surface area (Å²) in [6.07, 6.45) is -2.55. The van der Waals surface area contributed by atoms with Crippen molar-refractivity contribution in [3.8, 4) is 0 Å². The second-order valence-corrected chi connectivity index (χ2v) is 5.52. The molecule has 0 heterocycles. The largest absolute Gasteiger partial charge is 0.405 e. The first-order valence-corrected chi connectivity index (χ1v) is 6.91. The van der Waals surface area contributed by atoms with Crippen molar-refractivity contribution in [1.82, 2.24) is 0 Å². The molecule has 1 aromatic carbocycles. The van der Waals surface area contributed by atoms with Crippen LogP contribution in [0.1, 0.15) is 18.4 Å². The highest BCUT2D eigenvalue weighted by Gasteiger charge is 2.38. The second-order valence-electron chi connectivity index (χ2n) is 4.39. The summed E-state index contributed by atoms with van der Waals surface area (Å²) in [7, 11) is 0. The minimum atomic E-state index is -4.19. The van der Waals surface area contributed by atoms with E-state index in [-0.39, 0.29) is 6.04 Å². The van der Waals surface area contributed by atoms with Gasteiger partial charge in [0.25, 0.3) is 0 Å². The summed E-state index contributed by atoms with van der Waals surface area (Å²) in [5.74, 6) is 0.349. The van der Waals surface area contributed by atoms with Crippen LogP contribution in [0.25, 0.3) is 0 Å². The van der Waals surface area contributed by atoms with Gasteiger partial charge in [-0.3, -0.25) is 0 Å². The van der Waals surface area contributed by atoms with Gasteiger partial charge in [-0.1, -0.05) is 6.07 Å². The first kappa shape index (κ1) is 14.0. The van der Waals surface area contributed by atoms with E-state index in [1.165, 1.54) is 4.90 Å². The topological polar surface area (TPSA) is 3.24 Å². The van der Waals surface area contributed by atoms with Gasteiger partial charge in [0.2, 0.25) is 0 Å². The first-order valence-electron chi connectivity index (χ1n) is 5.58. The number of rotatable bonds is 4. The highest BCUT2D eigenvalue weighted by atomic mass is 79.9. The molecule has 100 valence electrons. The van der Waals surface area contributed by atoms with Gasteiger partial charge in [0.15, 0.2) is 0 Å². The van der Waals surface area contributed by atoms with Crippen LogP contribution in [0.2, 0.25) is 0 Å². The Balaban J connectivity index is 2.25. The highest BCUT2D eigenvalue weighted by molar-refractivity contribution is 9.10. The van der Waals surface area contributed by atoms with E-state index in [2.05, 4.69) is 15.9 Å². The van der Waals surface area contributed by atoms with Crippen molar-refractivity contribution in [2.24, 2.45) is 0 Å². The zero-order chi connectivity index (χ0) is 13.3. The Morgan fingerprint density at radius 2 is 2.00 bits per heavy atom. The third-order valence-electron chi connectivity index (χ3n) is 2.81. The Morgan fingerprint density at radius 1 is 1.33 bits per heavy atom. The van der Waals surface area contributed by atoms with Gasteiger partial charge in [0, 0.05) is 16.4 Å². The lowest BCUT2D eigenvalue weighted by atomic mass is 10.2. The number of nitrogens with zero attached hydrogens (tertiary/aromatic N) is 1. The van der Waals surface area contributed by atoms with Crippen LogP contribution in [0.4, 0.5) is 18.9 Å². The lowest BCUT2D eigenvalue weighted by Crippen LogP contribution is -2.36. The summed E-state index contributed by atoms with van der Waals surface area (Å²) in [6.45, 7) is -0.906. The molecule has 0 atom stereocenters. The number of benzene rings is 1. The molecule has 1 aromatic rings. The van der Waals surface area contributed by atoms with Gasteiger partial charge in [-0.15, -0.1) is 11.6 Å². The maximum absolute atomic E-state index is 12.6. The van der Waals surface area contributed by atoms with Crippen molar-refractivity contribution < 1.29 is 13.2 Å². The highest BCUT2D eigenvalue weighted by Crippen LogP contribution is 2.38. The zero-order valence-corrected chi connectivity index (χ0v) is 11.8. The molecule has 0 amide bonds. The van der Waals surface area contributed by atoms with E-state index in [0.29, 0.717) is 16.0 Å². The van der Waals surface area contributed by atoms with Gasteiger partial charge in [0.1, 0.15) is 6.54 Å². The summed E-state index contributed by atoms with van der Waals surface area (Å²) in [4.78, 5) is 1.42. The Hall–Kier alpha value is -0.420. The molecule has 1 fully saturated rings. The fourth-order valence-electron chi connectivity index (χ4n) is 1.86. The summed E-state index contributed by atoms with van der Waals surface area (Å²) < 4.78 is 38.4. The minimum absolute atomic E-state index is 0.00442. The molecule has 18 heavy (non-hydrogen) atoms. The monoisotopic (exact) mass is 341 g/mol. The molecular formula is C12H12BrClF3N. The molecule has 0 aliphatic heterocycles. The lowest BCUT2D eigenvalue weighted by molar-refractivity contribution is -0.120. The Morgan fingerprint density at radius 3 is 2.44 bits per heavy atom. The van der Waals surface area contributed by atoms with Gasteiger partial charge < -0.3 is 4.90 Å². The lowest BCUT2D eigenvalue weighted by Gasteiger charge is -2.27. The average Bonchev–Trinajstić information content (AvgIpc) is 3.08. The number of anilines is 1. The van der Waals surface area contributed by atoms with Gasteiger partial charge >= 0.3 is 6.18 Å². The van der Waals surface area contributed by atoms with E-state index in [1.807, 2.05) is 0 Å². The molecule has 1 saturated carbocycles. The van der Waals surface area contributed by atoms with E-state index < -0.39 is 12.7 Å². The molecule has 1 aliphatic carbocycles. The normalized spacial score (nSPS) is 15.8. The predicted molar refractivity (Wildman–Crippen MR) is 70.1 cm³/mol. The summed E-state index contributed by atoms with van der Waals surface area (Å²) in [6, 6.07) is 5.24. The van der Waals surface area contributed by atoms with Crippen LogP contribution in [0.5, 0.6) is 0 Å². The molecule has 1 aliphatic rings. The average molecular weight is 343 g/mol. The number of halogens is 5. The van der Waals surface area contributed by atoms with E-state index in [1.54, 1.807) is 18.2 Å². The van der Waals surface area contributed by atoms with Crippen molar-refractivity contribution in [3.05, 3.63) is 28.2 Å². The molecule has 0 unspecified atom stereocenters. The molecule has 0 spiro atoms. The number of hydrogen-bond acceptors (Lipinski definition) is 1. The fraction of sp³-hybridized carbons (Fsp3) is 0.500. The SMILES string of the molecule is FC(F)(F)CN(c1ccc(CCl)cc1Br)C1CC1. The standard InChI is InChI=1S/C12H12BrClF3N/c13-10-5-8(6-14)1-4-11(10)18(9-2-3-9)7-12(15,16)17/h1,4-5,9H,2-3,6-7H2. The molecule has 0 aromatic heterocycles. The van der Waals surface area contributed by atoms with Gasteiger partial charge in [-0.2, -0.15) is 13.2 Å². The van der Waals surface area contributed by atoms with Crippen LogP contribution in [0, 0.1) is 0 Å². The fourth-order valence-corrected chi connectivity index (χ4v) is 2.68. The Kier molecular flexibility index (Phi) is 4.11. The molecule has 2 rings (SSSR count).